The first-order chi connectivity index (χ1) is 11.1. The summed E-state index contributed by atoms with van der Waals surface area (Å²) in [5, 5.41) is 7.85. The standard InChI is InChI=1S/C14H21F2N5O2S/c1-9(7-20-11(3)5-10(2)18-20)6-17-24(22,23)13-8-21(14(15)16)19-12(13)4/h5,8-9,14,17H,6-7H2,1-4H3/t9-/m1/s1. The average Bonchev–Trinajstić information content (AvgIpc) is 3.00. The molecule has 0 saturated heterocycles. The van der Waals surface area contributed by atoms with Gasteiger partial charge in [0.05, 0.1) is 17.6 Å². The number of aromatic nitrogens is 4. The maximum Gasteiger partial charge on any atom is 0.333 e. The number of hydrogen-bond donors (Lipinski definition) is 1. The van der Waals surface area contributed by atoms with Crippen molar-refractivity contribution >= 4 is 10.0 Å². The molecule has 0 aliphatic carbocycles. The zero-order valence-electron chi connectivity index (χ0n) is 14.0. The normalized spacial score (nSPS) is 13.6. The maximum atomic E-state index is 12.6. The predicted octanol–water partition coefficient (Wildman–Crippen LogP) is 2.01. The molecule has 0 radical (unpaired) electrons. The zero-order chi connectivity index (χ0) is 18.1. The van der Waals surface area contributed by atoms with Gasteiger partial charge < -0.3 is 0 Å². The highest BCUT2D eigenvalue weighted by Gasteiger charge is 2.23. The lowest BCUT2D eigenvalue weighted by Crippen LogP contribution is -2.30. The van der Waals surface area contributed by atoms with Gasteiger partial charge in [0.15, 0.2) is 0 Å². The summed E-state index contributed by atoms with van der Waals surface area (Å²) >= 11 is 0. The molecule has 0 spiro atoms. The van der Waals surface area contributed by atoms with Gasteiger partial charge in [-0.05, 0) is 32.8 Å². The second kappa shape index (κ2) is 6.98. The van der Waals surface area contributed by atoms with Crippen LogP contribution in [-0.2, 0) is 16.6 Å². The second-order valence-electron chi connectivity index (χ2n) is 5.90. The van der Waals surface area contributed by atoms with E-state index in [1.807, 2.05) is 31.5 Å². The van der Waals surface area contributed by atoms with Crippen LogP contribution in [0.4, 0.5) is 8.78 Å². The molecule has 7 nitrogen and oxygen atoms in total. The summed E-state index contributed by atoms with van der Waals surface area (Å²) in [5.41, 5.74) is 1.93. The number of halogens is 2. The fraction of sp³-hybridized carbons (Fsp3) is 0.571. The maximum absolute atomic E-state index is 12.6. The smallest absolute Gasteiger partial charge is 0.269 e. The molecule has 2 aromatic rings. The van der Waals surface area contributed by atoms with Gasteiger partial charge in [-0.2, -0.15) is 19.0 Å². The third kappa shape index (κ3) is 4.18. The number of alkyl halides is 2. The van der Waals surface area contributed by atoms with Gasteiger partial charge in [-0.1, -0.05) is 6.92 Å². The van der Waals surface area contributed by atoms with Crippen molar-refractivity contribution in [2.75, 3.05) is 6.54 Å². The second-order valence-corrected chi connectivity index (χ2v) is 7.64. The minimum atomic E-state index is -3.89. The van der Waals surface area contributed by atoms with E-state index in [1.54, 1.807) is 0 Å². The first-order valence-electron chi connectivity index (χ1n) is 7.44. The third-order valence-corrected chi connectivity index (χ3v) is 5.10. The van der Waals surface area contributed by atoms with E-state index in [1.165, 1.54) is 6.92 Å². The Bertz CT molecular complexity index is 813. The highest BCUT2D eigenvalue weighted by atomic mass is 32.2. The molecular weight excluding hydrogens is 340 g/mol. The molecule has 0 amide bonds. The quantitative estimate of drug-likeness (QED) is 0.818. The molecule has 0 aliphatic rings. The van der Waals surface area contributed by atoms with Crippen molar-refractivity contribution in [3.05, 3.63) is 29.3 Å². The number of sulfonamides is 1. The van der Waals surface area contributed by atoms with Gasteiger partial charge in [0.1, 0.15) is 4.90 Å². The minimum absolute atomic E-state index is 0.0248. The molecule has 0 unspecified atom stereocenters. The van der Waals surface area contributed by atoms with Crippen molar-refractivity contribution in [1.29, 1.82) is 0 Å². The Morgan fingerprint density at radius 2 is 1.92 bits per heavy atom. The molecule has 0 saturated carbocycles. The van der Waals surface area contributed by atoms with Crippen LogP contribution in [0.25, 0.3) is 0 Å². The lowest BCUT2D eigenvalue weighted by atomic mass is 10.2. The highest BCUT2D eigenvalue weighted by Crippen LogP contribution is 2.18. The number of nitrogens with zero attached hydrogens (tertiary/aromatic N) is 4. The molecule has 134 valence electrons. The van der Waals surface area contributed by atoms with Gasteiger partial charge in [0.25, 0.3) is 0 Å². The van der Waals surface area contributed by atoms with Crippen molar-refractivity contribution in [2.45, 2.75) is 45.7 Å². The largest absolute Gasteiger partial charge is 0.333 e. The molecule has 2 aromatic heterocycles. The van der Waals surface area contributed by atoms with Crippen molar-refractivity contribution in [3.8, 4) is 0 Å². The molecule has 10 heteroatoms. The third-order valence-electron chi connectivity index (χ3n) is 3.57. The van der Waals surface area contributed by atoms with E-state index < -0.39 is 16.6 Å². The zero-order valence-corrected chi connectivity index (χ0v) is 14.8. The molecule has 1 atom stereocenters. The van der Waals surface area contributed by atoms with E-state index in [0.717, 1.165) is 17.6 Å². The van der Waals surface area contributed by atoms with Crippen molar-refractivity contribution in [1.82, 2.24) is 24.3 Å². The number of rotatable bonds is 7. The van der Waals surface area contributed by atoms with Crippen LogP contribution in [0.1, 0.15) is 30.6 Å². The van der Waals surface area contributed by atoms with Crippen LogP contribution >= 0.6 is 0 Å². The Morgan fingerprint density at radius 1 is 1.25 bits per heavy atom. The molecule has 0 aliphatic heterocycles. The SMILES string of the molecule is Cc1cc(C)n(C[C@H](C)CNS(=O)(=O)c2cn(C(F)F)nc2C)n1. The number of aryl methyl sites for hydroxylation is 3. The summed E-state index contributed by atoms with van der Waals surface area (Å²) in [5.74, 6) is -0.0248. The van der Waals surface area contributed by atoms with Gasteiger partial charge in [-0.3, -0.25) is 4.68 Å². The van der Waals surface area contributed by atoms with E-state index in [4.69, 9.17) is 0 Å². The fourth-order valence-electron chi connectivity index (χ4n) is 2.38. The predicted molar refractivity (Wildman–Crippen MR) is 84.3 cm³/mol. The minimum Gasteiger partial charge on any atom is -0.269 e. The van der Waals surface area contributed by atoms with E-state index in [2.05, 4.69) is 14.9 Å². The summed E-state index contributed by atoms with van der Waals surface area (Å²) in [7, 11) is -3.89. The Hall–Kier alpha value is -1.81. The van der Waals surface area contributed by atoms with Crippen LogP contribution in [0.5, 0.6) is 0 Å². The van der Waals surface area contributed by atoms with Gasteiger partial charge in [-0.15, -0.1) is 0 Å². The average molecular weight is 361 g/mol. The van der Waals surface area contributed by atoms with E-state index in [9.17, 15) is 17.2 Å². The Labute approximate surface area is 139 Å². The van der Waals surface area contributed by atoms with Crippen LogP contribution in [0.15, 0.2) is 17.2 Å². The molecule has 0 bridgehead atoms. The molecule has 24 heavy (non-hydrogen) atoms. The van der Waals surface area contributed by atoms with E-state index in [0.29, 0.717) is 11.2 Å². The van der Waals surface area contributed by atoms with Crippen molar-refractivity contribution in [2.24, 2.45) is 5.92 Å². The summed E-state index contributed by atoms with van der Waals surface area (Å²) in [6.45, 7) is 4.93. The van der Waals surface area contributed by atoms with E-state index >= 15 is 0 Å². The first-order valence-corrected chi connectivity index (χ1v) is 8.93. The molecular formula is C14H21F2N5O2S. The monoisotopic (exact) mass is 361 g/mol. The van der Waals surface area contributed by atoms with Gasteiger partial charge in [0, 0.05) is 18.8 Å². The topological polar surface area (TPSA) is 81.8 Å². The Balaban J connectivity index is 2.03. The number of nitrogens with one attached hydrogen (secondary N) is 1. The lowest BCUT2D eigenvalue weighted by molar-refractivity contribution is 0.0561. The van der Waals surface area contributed by atoms with Gasteiger partial charge in [0.2, 0.25) is 10.0 Å². The van der Waals surface area contributed by atoms with Crippen molar-refractivity contribution in [3.63, 3.8) is 0 Å². The van der Waals surface area contributed by atoms with Crippen LogP contribution in [-0.4, -0.2) is 34.5 Å². The molecule has 2 rings (SSSR count). The van der Waals surface area contributed by atoms with Crippen LogP contribution in [0, 0.1) is 26.7 Å². The fourth-order valence-corrected chi connectivity index (χ4v) is 3.71. The van der Waals surface area contributed by atoms with E-state index in [-0.39, 0.29) is 23.1 Å². The van der Waals surface area contributed by atoms with Gasteiger partial charge >= 0.3 is 6.55 Å². The summed E-state index contributed by atoms with van der Waals surface area (Å²) < 4.78 is 54.4. The van der Waals surface area contributed by atoms with Crippen molar-refractivity contribution < 1.29 is 17.2 Å². The molecule has 0 aromatic carbocycles. The Morgan fingerprint density at radius 3 is 2.42 bits per heavy atom. The molecule has 2 heterocycles. The van der Waals surface area contributed by atoms with Crippen LogP contribution in [0.3, 0.4) is 0 Å². The highest BCUT2D eigenvalue weighted by molar-refractivity contribution is 7.89. The lowest BCUT2D eigenvalue weighted by Gasteiger charge is -2.14. The summed E-state index contributed by atoms with van der Waals surface area (Å²) in [6, 6.07) is 1.94. The Kier molecular flexibility index (Phi) is 5.38. The van der Waals surface area contributed by atoms with Gasteiger partial charge in [-0.25, -0.2) is 17.8 Å². The molecule has 1 N–H and O–H groups in total. The molecule has 0 fully saturated rings. The summed E-state index contributed by atoms with van der Waals surface area (Å²) in [6.07, 6.45) is 0.841. The number of hydrogen-bond acceptors (Lipinski definition) is 4. The summed E-state index contributed by atoms with van der Waals surface area (Å²) in [4.78, 5) is -0.235. The first kappa shape index (κ1) is 18.5. The van der Waals surface area contributed by atoms with Crippen LogP contribution < -0.4 is 4.72 Å². The van der Waals surface area contributed by atoms with Crippen LogP contribution in [0.2, 0.25) is 0 Å².